The lowest BCUT2D eigenvalue weighted by Crippen LogP contribution is -2.08. The molecule has 4 N–H and O–H groups in total. The average molecular weight is 248 g/mol. The Hall–Kier alpha value is -1.92. The van der Waals surface area contributed by atoms with Gasteiger partial charge in [-0.1, -0.05) is 0 Å². The summed E-state index contributed by atoms with van der Waals surface area (Å²) < 4.78 is 0. The molecular formula is C12H16N4O2. The first-order valence-corrected chi connectivity index (χ1v) is 5.81. The molecule has 0 aromatic carbocycles. The minimum absolute atomic E-state index is 0.0714. The van der Waals surface area contributed by atoms with Gasteiger partial charge in [0.25, 0.3) is 0 Å². The van der Waals surface area contributed by atoms with E-state index in [4.69, 9.17) is 10.2 Å². The maximum absolute atomic E-state index is 8.73. The van der Waals surface area contributed by atoms with E-state index in [2.05, 4.69) is 20.6 Å². The summed E-state index contributed by atoms with van der Waals surface area (Å²) in [5.41, 5.74) is 1.57. The van der Waals surface area contributed by atoms with Crippen molar-refractivity contribution in [2.45, 2.75) is 0 Å². The van der Waals surface area contributed by atoms with Crippen molar-refractivity contribution in [1.82, 2.24) is 9.97 Å². The van der Waals surface area contributed by atoms with Crippen molar-refractivity contribution in [2.24, 2.45) is 0 Å². The summed E-state index contributed by atoms with van der Waals surface area (Å²) >= 11 is 0. The van der Waals surface area contributed by atoms with E-state index in [1.165, 1.54) is 0 Å². The lowest BCUT2D eigenvalue weighted by atomic mass is 10.3. The van der Waals surface area contributed by atoms with Crippen molar-refractivity contribution >= 4 is 22.7 Å². The Balaban J connectivity index is 2.19. The van der Waals surface area contributed by atoms with Gasteiger partial charge in [-0.25, -0.2) is 9.97 Å². The molecule has 0 unspecified atom stereocenters. The smallest absolute Gasteiger partial charge is 0.126 e. The highest BCUT2D eigenvalue weighted by molar-refractivity contribution is 5.77. The van der Waals surface area contributed by atoms with E-state index in [1.807, 2.05) is 24.3 Å². The zero-order valence-corrected chi connectivity index (χ0v) is 9.93. The summed E-state index contributed by atoms with van der Waals surface area (Å²) in [6.45, 7) is 1.09. The first-order valence-electron chi connectivity index (χ1n) is 5.81. The van der Waals surface area contributed by atoms with Crippen LogP contribution in [0.1, 0.15) is 0 Å². The van der Waals surface area contributed by atoms with Crippen molar-refractivity contribution in [3.05, 3.63) is 24.3 Å². The van der Waals surface area contributed by atoms with E-state index < -0.39 is 0 Å². The summed E-state index contributed by atoms with van der Waals surface area (Å²) in [4.78, 5) is 8.74. The molecule has 6 heteroatoms. The van der Waals surface area contributed by atoms with Gasteiger partial charge in [-0.2, -0.15) is 0 Å². The van der Waals surface area contributed by atoms with Gasteiger partial charge in [0.15, 0.2) is 0 Å². The molecule has 0 amide bonds. The van der Waals surface area contributed by atoms with Crippen LogP contribution in [-0.2, 0) is 0 Å². The van der Waals surface area contributed by atoms with Crippen molar-refractivity contribution in [3.63, 3.8) is 0 Å². The number of hydrogen-bond donors (Lipinski definition) is 4. The fourth-order valence-electron chi connectivity index (χ4n) is 1.57. The van der Waals surface area contributed by atoms with Crippen LogP contribution in [0.3, 0.4) is 0 Å². The molecule has 2 heterocycles. The van der Waals surface area contributed by atoms with Crippen LogP contribution in [-0.4, -0.2) is 46.5 Å². The Morgan fingerprint density at radius 2 is 1.22 bits per heavy atom. The van der Waals surface area contributed by atoms with Gasteiger partial charge in [-0.15, -0.1) is 0 Å². The molecule has 2 aromatic heterocycles. The number of aliphatic hydroxyl groups is 2. The zero-order chi connectivity index (χ0) is 12.8. The van der Waals surface area contributed by atoms with E-state index >= 15 is 0 Å². The highest BCUT2D eigenvalue weighted by atomic mass is 16.3. The van der Waals surface area contributed by atoms with Gasteiger partial charge >= 0.3 is 0 Å². The normalized spacial score (nSPS) is 10.6. The molecule has 0 aliphatic heterocycles. The molecular weight excluding hydrogens is 232 g/mol. The summed E-state index contributed by atoms with van der Waals surface area (Å²) in [7, 11) is 0. The summed E-state index contributed by atoms with van der Waals surface area (Å²) in [5.74, 6) is 1.43. The predicted molar refractivity (Wildman–Crippen MR) is 70.7 cm³/mol. The minimum atomic E-state index is 0.0714. The van der Waals surface area contributed by atoms with Gasteiger partial charge in [0.05, 0.1) is 24.2 Å². The number of rotatable bonds is 6. The molecule has 0 spiro atoms. The molecule has 2 rings (SSSR count). The third kappa shape index (κ3) is 3.06. The van der Waals surface area contributed by atoms with Gasteiger partial charge in [0.2, 0.25) is 0 Å². The summed E-state index contributed by atoms with van der Waals surface area (Å²) in [6, 6.07) is 7.37. The molecule has 0 aliphatic rings. The second-order valence-corrected chi connectivity index (χ2v) is 3.73. The van der Waals surface area contributed by atoms with Crippen molar-refractivity contribution in [2.75, 3.05) is 36.9 Å². The van der Waals surface area contributed by atoms with Crippen LogP contribution in [0.5, 0.6) is 0 Å². The second-order valence-electron chi connectivity index (χ2n) is 3.73. The topological polar surface area (TPSA) is 90.3 Å². The number of nitrogens with zero attached hydrogens (tertiary/aromatic N) is 2. The Kier molecular flexibility index (Phi) is 4.27. The average Bonchev–Trinajstić information content (AvgIpc) is 2.42. The van der Waals surface area contributed by atoms with Crippen molar-refractivity contribution in [1.29, 1.82) is 0 Å². The Morgan fingerprint density at radius 3 is 1.61 bits per heavy atom. The minimum Gasteiger partial charge on any atom is -0.395 e. The van der Waals surface area contributed by atoms with Crippen LogP contribution in [0.25, 0.3) is 11.0 Å². The lowest BCUT2D eigenvalue weighted by molar-refractivity contribution is 0.310. The number of fused-ring (bicyclic) bond motifs is 1. The summed E-state index contributed by atoms with van der Waals surface area (Å²) in [6.07, 6.45) is 0. The summed E-state index contributed by atoms with van der Waals surface area (Å²) in [5, 5.41) is 23.5. The molecule has 0 saturated heterocycles. The molecule has 0 saturated carbocycles. The molecule has 0 radical (unpaired) electrons. The van der Waals surface area contributed by atoms with Crippen LogP contribution in [0.15, 0.2) is 24.3 Å². The zero-order valence-electron chi connectivity index (χ0n) is 9.93. The SMILES string of the molecule is OCCNc1ccc2nc(NCCO)ccc2n1. The van der Waals surface area contributed by atoms with Gasteiger partial charge in [-0.3, -0.25) is 0 Å². The largest absolute Gasteiger partial charge is 0.395 e. The fourth-order valence-corrected chi connectivity index (χ4v) is 1.57. The van der Waals surface area contributed by atoms with Gasteiger partial charge in [0.1, 0.15) is 11.6 Å². The molecule has 6 nitrogen and oxygen atoms in total. The number of hydrogen-bond acceptors (Lipinski definition) is 6. The molecule has 0 bridgehead atoms. The maximum atomic E-state index is 8.73. The second kappa shape index (κ2) is 6.13. The number of anilines is 2. The number of aromatic nitrogens is 2. The van der Waals surface area contributed by atoms with Crippen molar-refractivity contribution in [3.8, 4) is 0 Å². The van der Waals surface area contributed by atoms with Crippen LogP contribution in [0.4, 0.5) is 11.6 Å². The third-order valence-corrected chi connectivity index (χ3v) is 2.38. The van der Waals surface area contributed by atoms with Crippen LogP contribution in [0, 0.1) is 0 Å². The number of aliphatic hydroxyl groups excluding tert-OH is 2. The van der Waals surface area contributed by atoms with Crippen LogP contribution < -0.4 is 10.6 Å². The van der Waals surface area contributed by atoms with Gasteiger partial charge in [0, 0.05) is 13.1 Å². The van der Waals surface area contributed by atoms with E-state index in [0.29, 0.717) is 13.1 Å². The third-order valence-electron chi connectivity index (χ3n) is 2.38. The Labute approximate surface area is 105 Å². The van der Waals surface area contributed by atoms with Crippen LogP contribution in [0.2, 0.25) is 0 Å². The molecule has 0 atom stereocenters. The maximum Gasteiger partial charge on any atom is 0.126 e. The molecule has 0 fully saturated rings. The van der Waals surface area contributed by atoms with Crippen LogP contribution >= 0.6 is 0 Å². The van der Waals surface area contributed by atoms with E-state index in [9.17, 15) is 0 Å². The standard InChI is InChI=1S/C12H16N4O2/c17-7-5-13-11-3-1-9-10(16-11)2-4-12(15-9)14-6-8-18/h1-4,17-18H,5-8H2,(H,14,15)(H,13,16). The number of pyridine rings is 2. The van der Waals surface area contributed by atoms with Crippen molar-refractivity contribution < 1.29 is 10.2 Å². The predicted octanol–water partition coefficient (Wildman–Crippen LogP) is 0.438. The molecule has 96 valence electrons. The van der Waals surface area contributed by atoms with Gasteiger partial charge < -0.3 is 20.8 Å². The highest BCUT2D eigenvalue weighted by Gasteiger charge is 2.00. The Bertz CT molecular complexity index is 471. The first kappa shape index (κ1) is 12.5. The first-order chi connectivity index (χ1) is 8.83. The lowest BCUT2D eigenvalue weighted by Gasteiger charge is -2.07. The molecule has 0 aliphatic carbocycles. The Morgan fingerprint density at radius 1 is 0.778 bits per heavy atom. The van der Waals surface area contributed by atoms with E-state index in [0.717, 1.165) is 22.7 Å². The molecule has 2 aromatic rings. The van der Waals surface area contributed by atoms with Gasteiger partial charge in [-0.05, 0) is 24.3 Å². The highest BCUT2D eigenvalue weighted by Crippen LogP contribution is 2.15. The molecule has 18 heavy (non-hydrogen) atoms. The van der Waals surface area contributed by atoms with E-state index in [1.54, 1.807) is 0 Å². The quantitative estimate of drug-likeness (QED) is 0.593. The van der Waals surface area contributed by atoms with E-state index in [-0.39, 0.29) is 13.2 Å². The fraction of sp³-hybridized carbons (Fsp3) is 0.333. The number of nitrogens with one attached hydrogen (secondary N) is 2. The monoisotopic (exact) mass is 248 g/mol.